The van der Waals surface area contributed by atoms with E-state index in [-0.39, 0.29) is 0 Å². The van der Waals surface area contributed by atoms with Gasteiger partial charge in [-0.2, -0.15) is 5.26 Å². The van der Waals surface area contributed by atoms with Crippen molar-refractivity contribution in [2.75, 3.05) is 19.0 Å². The first-order valence-electron chi connectivity index (χ1n) is 7.35. The monoisotopic (exact) mass is 272 g/mol. The van der Waals surface area contributed by atoms with Gasteiger partial charge in [0.25, 0.3) is 0 Å². The van der Waals surface area contributed by atoms with Crippen molar-refractivity contribution in [3.05, 3.63) is 29.8 Å². The molecule has 1 fully saturated rings. The van der Waals surface area contributed by atoms with E-state index in [1.165, 1.54) is 0 Å². The predicted octanol–water partition coefficient (Wildman–Crippen LogP) is 3.51. The number of nitriles is 1. The Bertz CT molecular complexity index is 489. The summed E-state index contributed by atoms with van der Waals surface area (Å²) in [5.74, 6) is 0.513. The lowest BCUT2D eigenvalue weighted by Crippen LogP contribution is -2.32. The van der Waals surface area contributed by atoms with Gasteiger partial charge < -0.3 is 10.0 Å². The summed E-state index contributed by atoms with van der Waals surface area (Å²) in [4.78, 5) is 2.03. The van der Waals surface area contributed by atoms with Gasteiger partial charge in [0.05, 0.1) is 17.6 Å². The van der Waals surface area contributed by atoms with Crippen LogP contribution in [0.25, 0.3) is 0 Å². The molecule has 0 saturated heterocycles. The number of anilines is 1. The molecule has 1 aliphatic carbocycles. The largest absolute Gasteiger partial charge is 0.387 e. The Labute approximate surface area is 121 Å². The Kier molecular flexibility index (Phi) is 4.35. The zero-order valence-electron chi connectivity index (χ0n) is 12.6. The third kappa shape index (κ3) is 2.81. The Hall–Kier alpha value is -1.53. The third-order valence-electron chi connectivity index (χ3n) is 4.50. The van der Waals surface area contributed by atoms with Crippen molar-refractivity contribution >= 4 is 5.69 Å². The van der Waals surface area contributed by atoms with Crippen molar-refractivity contribution < 1.29 is 5.11 Å². The summed E-state index contributed by atoms with van der Waals surface area (Å²) in [6.45, 7) is 2.17. The van der Waals surface area contributed by atoms with E-state index in [9.17, 15) is 10.4 Å². The van der Waals surface area contributed by atoms with E-state index >= 15 is 0 Å². The quantitative estimate of drug-likeness (QED) is 0.916. The fourth-order valence-electron chi connectivity index (χ4n) is 3.28. The van der Waals surface area contributed by atoms with Crippen LogP contribution in [0.2, 0.25) is 0 Å². The first-order valence-corrected chi connectivity index (χ1v) is 7.35. The molecule has 0 aliphatic heterocycles. The van der Waals surface area contributed by atoms with Gasteiger partial charge in [-0.25, -0.2) is 0 Å². The molecule has 20 heavy (non-hydrogen) atoms. The van der Waals surface area contributed by atoms with Crippen LogP contribution in [-0.4, -0.2) is 19.2 Å². The molecule has 3 unspecified atom stereocenters. The number of hydrogen-bond acceptors (Lipinski definition) is 3. The fraction of sp³-hybridized carbons (Fsp3) is 0.588. The Balaban J connectivity index is 2.24. The second-order valence-corrected chi connectivity index (χ2v) is 6.36. The molecule has 1 saturated carbocycles. The highest BCUT2D eigenvalue weighted by molar-refractivity contribution is 5.46. The van der Waals surface area contributed by atoms with E-state index in [1.54, 1.807) is 0 Å². The van der Waals surface area contributed by atoms with Crippen LogP contribution in [0, 0.1) is 22.7 Å². The van der Waals surface area contributed by atoms with Crippen LogP contribution in [0.5, 0.6) is 0 Å². The lowest BCUT2D eigenvalue weighted by Gasteiger charge is -2.38. The maximum absolute atomic E-state index is 10.7. The van der Waals surface area contributed by atoms with Crippen molar-refractivity contribution in [1.82, 2.24) is 0 Å². The average Bonchev–Trinajstić information content (AvgIpc) is 2.46. The molecule has 108 valence electrons. The fourth-order valence-corrected chi connectivity index (χ4v) is 3.28. The SMILES string of the molecule is CC1CCCC(C#N)(C(O)c2ccc(N(C)C)cc2)C1. The molecule has 0 radical (unpaired) electrons. The van der Waals surface area contributed by atoms with E-state index in [4.69, 9.17) is 0 Å². The van der Waals surface area contributed by atoms with Gasteiger partial charge in [0, 0.05) is 19.8 Å². The minimum Gasteiger partial charge on any atom is -0.387 e. The highest BCUT2D eigenvalue weighted by Crippen LogP contribution is 2.47. The van der Waals surface area contributed by atoms with Crippen LogP contribution in [0.4, 0.5) is 5.69 Å². The third-order valence-corrected chi connectivity index (χ3v) is 4.50. The van der Waals surface area contributed by atoms with Gasteiger partial charge >= 0.3 is 0 Å². The van der Waals surface area contributed by atoms with Crippen molar-refractivity contribution in [1.29, 1.82) is 5.26 Å². The molecule has 2 rings (SSSR count). The zero-order valence-corrected chi connectivity index (χ0v) is 12.6. The normalized spacial score (nSPS) is 27.6. The van der Waals surface area contributed by atoms with Crippen LogP contribution < -0.4 is 4.90 Å². The van der Waals surface area contributed by atoms with Crippen LogP contribution in [0.15, 0.2) is 24.3 Å². The first kappa shape index (κ1) is 14.9. The summed E-state index contributed by atoms with van der Waals surface area (Å²) in [6.07, 6.45) is 3.09. The molecule has 0 heterocycles. The molecule has 0 spiro atoms. The molecule has 1 N–H and O–H groups in total. The standard InChI is InChI=1S/C17H24N2O/c1-13-5-4-10-17(11-13,12-18)16(20)14-6-8-15(9-7-14)19(2)3/h6-9,13,16,20H,4-5,10-11H2,1-3H3. The van der Waals surface area contributed by atoms with Crippen molar-refractivity contribution in [2.24, 2.45) is 11.3 Å². The second-order valence-electron chi connectivity index (χ2n) is 6.36. The van der Waals surface area contributed by atoms with Gasteiger partial charge in [0.2, 0.25) is 0 Å². The highest BCUT2D eigenvalue weighted by Gasteiger charge is 2.42. The van der Waals surface area contributed by atoms with Crippen molar-refractivity contribution in [3.8, 4) is 6.07 Å². The Morgan fingerprint density at radius 3 is 2.50 bits per heavy atom. The van der Waals surface area contributed by atoms with E-state index < -0.39 is 11.5 Å². The van der Waals surface area contributed by atoms with E-state index in [0.29, 0.717) is 5.92 Å². The number of rotatable bonds is 3. The number of nitrogens with zero attached hydrogens (tertiary/aromatic N) is 2. The molecular weight excluding hydrogens is 248 g/mol. The summed E-state index contributed by atoms with van der Waals surface area (Å²) in [5, 5.41) is 20.3. The highest BCUT2D eigenvalue weighted by atomic mass is 16.3. The molecule has 3 atom stereocenters. The van der Waals surface area contributed by atoms with Crippen LogP contribution >= 0.6 is 0 Å². The minimum atomic E-state index is -0.688. The summed E-state index contributed by atoms with van der Waals surface area (Å²) in [6, 6.07) is 10.3. The molecular formula is C17H24N2O. The van der Waals surface area contributed by atoms with E-state index in [2.05, 4.69) is 13.0 Å². The van der Waals surface area contributed by atoms with Gasteiger partial charge in [0.1, 0.15) is 0 Å². The number of hydrogen-bond donors (Lipinski definition) is 1. The number of benzene rings is 1. The molecule has 0 bridgehead atoms. The van der Waals surface area contributed by atoms with Gasteiger partial charge in [0.15, 0.2) is 0 Å². The van der Waals surface area contributed by atoms with Crippen LogP contribution in [0.1, 0.15) is 44.3 Å². The molecule has 3 nitrogen and oxygen atoms in total. The second kappa shape index (κ2) is 5.85. The van der Waals surface area contributed by atoms with E-state index in [1.807, 2.05) is 43.3 Å². The molecule has 0 amide bonds. The minimum absolute atomic E-state index is 0.513. The lowest BCUT2D eigenvalue weighted by molar-refractivity contribution is 0.0219. The van der Waals surface area contributed by atoms with Crippen LogP contribution in [-0.2, 0) is 0 Å². The molecule has 1 aliphatic rings. The average molecular weight is 272 g/mol. The topological polar surface area (TPSA) is 47.3 Å². The summed E-state index contributed by atoms with van der Waals surface area (Å²) >= 11 is 0. The van der Waals surface area contributed by atoms with Gasteiger partial charge in [-0.05, 0) is 36.5 Å². The zero-order chi connectivity index (χ0) is 14.8. The summed E-state index contributed by atoms with van der Waals surface area (Å²) in [5.41, 5.74) is 1.34. The molecule has 1 aromatic carbocycles. The summed E-state index contributed by atoms with van der Waals surface area (Å²) < 4.78 is 0. The summed E-state index contributed by atoms with van der Waals surface area (Å²) in [7, 11) is 3.98. The molecule has 1 aromatic rings. The molecule has 0 aromatic heterocycles. The Morgan fingerprint density at radius 2 is 2.00 bits per heavy atom. The van der Waals surface area contributed by atoms with Gasteiger partial charge in [-0.3, -0.25) is 0 Å². The lowest BCUT2D eigenvalue weighted by atomic mass is 9.66. The number of aliphatic hydroxyl groups is 1. The van der Waals surface area contributed by atoms with Crippen LogP contribution in [0.3, 0.4) is 0 Å². The van der Waals surface area contributed by atoms with Crippen molar-refractivity contribution in [3.63, 3.8) is 0 Å². The van der Waals surface area contributed by atoms with Crippen molar-refractivity contribution in [2.45, 2.75) is 38.7 Å². The molecule has 3 heteroatoms. The number of aliphatic hydroxyl groups excluding tert-OH is 1. The predicted molar refractivity (Wildman–Crippen MR) is 81.4 cm³/mol. The van der Waals surface area contributed by atoms with E-state index in [0.717, 1.165) is 36.9 Å². The van der Waals surface area contributed by atoms with Gasteiger partial charge in [-0.15, -0.1) is 0 Å². The maximum Gasteiger partial charge on any atom is 0.0976 e. The smallest absolute Gasteiger partial charge is 0.0976 e. The van der Waals surface area contributed by atoms with Gasteiger partial charge in [-0.1, -0.05) is 31.9 Å². The Morgan fingerprint density at radius 1 is 1.35 bits per heavy atom. The maximum atomic E-state index is 10.7. The first-order chi connectivity index (χ1) is 9.48.